The van der Waals surface area contributed by atoms with E-state index in [0.29, 0.717) is 0 Å². The van der Waals surface area contributed by atoms with Crippen LogP contribution in [0.4, 0.5) is 0 Å². The monoisotopic (exact) mass is 214 g/mol. The van der Waals surface area contributed by atoms with Crippen molar-refractivity contribution in [1.82, 2.24) is 0 Å². The number of benzene rings is 2. The second kappa shape index (κ2) is 3.39. The Kier molecular flexibility index (Phi) is 2.03. The van der Waals surface area contributed by atoms with E-state index in [9.17, 15) is 0 Å². The van der Waals surface area contributed by atoms with Crippen molar-refractivity contribution in [2.24, 2.45) is 0 Å². The van der Waals surface area contributed by atoms with Crippen molar-refractivity contribution in [2.75, 3.05) is 0 Å². The highest BCUT2D eigenvalue weighted by atomic mass is 35.5. The van der Waals surface area contributed by atoms with Crippen molar-refractivity contribution in [1.29, 1.82) is 0 Å². The van der Waals surface area contributed by atoms with Gasteiger partial charge in [0.1, 0.15) is 0 Å². The van der Waals surface area contributed by atoms with Gasteiger partial charge in [0.2, 0.25) is 0 Å². The molecule has 0 saturated carbocycles. The summed E-state index contributed by atoms with van der Waals surface area (Å²) < 4.78 is 0. The molecule has 2 aromatic carbocycles. The van der Waals surface area contributed by atoms with Crippen LogP contribution in [0.25, 0.3) is 0 Å². The zero-order valence-electron chi connectivity index (χ0n) is 8.33. The predicted octanol–water partition coefficient (Wildman–Crippen LogP) is 3.84. The Morgan fingerprint density at radius 3 is 2.07 bits per heavy atom. The van der Waals surface area contributed by atoms with Gasteiger partial charge in [-0.3, -0.25) is 0 Å². The van der Waals surface area contributed by atoms with Crippen LogP contribution in [0.5, 0.6) is 0 Å². The van der Waals surface area contributed by atoms with Crippen LogP contribution >= 0.6 is 11.6 Å². The summed E-state index contributed by atoms with van der Waals surface area (Å²) in [4.78, 5) is 0. The molecule has 0 saturated heterocycles. The minimum Gasteiger partial charge on any atom is -0.0843 e. The molecule has 0 aromatic heterocycles. The van der Waals surface area contributed by atoms with Crippen LogP contribution < -0.4 is 0 Å². The molecule has 0 spiro atoms. The first kappa shape index (κ1) is 8.99. The zero-order valence-corrected chi connectivity index (χ0v) is 9.09. The van der Waals surface area contributed by atoms with Gasteiger partial charge in [-0.1, -0.05) is 41.9 Å². The molecule has 2 aromatic rings. The fourth-order valence-corrected chi connectivity index (χ4v) is 2.44. The molecule has 3 rings (SSSR count). The van der Waals surface area contributed by atoms with Gasteiger partial charge in [0.05, 0.1) is 0 Å². The molecular formula is C14H11Cl. The molecule has 0 bridgehead atoms. The van der Waals surface area contributed by atoms with E-state index in [0.717, 1.165) is 17.9 Å². The Morgan fingerprint density at radius 1 is 0.733 bits per heavy atom. The summed E-state index contributed by atoms with van der Waals surface area (Å²) in [5.41, 5.74) is 5.68. The van der Waals surface area contributed by atoms with Crippen molar-refractivity contribution >= 4 is 11.6 Å². The summed E-state index contributed by atoms with van der Waals surface area (Å²) in [7, 11) is 0. The first-order chi connectivity index (χ1) is 7.33. The molecular weight excluding hydrogens is 204 g/mol. The van der Waals surface area contributed by atoms with Crippen molar-refractivity contribution in [2.45, 2.75) is 12.8 Å². The van der Waals surface area contributed by atoms with E-state index in [2.05, 4.69) is 36.4 Å². The molecule has 1 heteroatoms. The van der Waals surface area contributed by atoms with Crippen LogP contribution in [0.15, 0.2) is 42.5 Å². The van der Waals surface area contributed by atoms with E-state index >= 15 is 0 Å². The SMILES string of the molecule is Clc1ccc2c(c1)Cc1ccccc1C2. The van der Waals surface area contributed by atoms with E-state index in [4.69, 9.17) is 11.6 Å². The van der Waals surface area contributed by atoms with E-state index < -0.39 is 0 Å². The first-order valence-electron chi connectivity index (χ1n) is 5.17. The number of rotatable bonds is 0. The van der Waals surface area contributed by atoms with Gasteiger partial charge < -0.3 is 0 Å². The molecule has 0 unspecified atom stereocenters. The highest BCUT2D eigenvalue weighted by Gasteiger charge is 2.14. The third kappa shape index (κ3) is 1.55. The molecule has 0 fully saturated rings. The average molecular weight is 215 g/mol. The maximum Gasteiger partial charge on any atom is 0.0409 e. The Morgan fingerprint density at radius 2 is 1.33 bits per heavy atom. The van der Waals surface area contributed by atoms with Gasteiger partial charge in [-0.25, -0.2) is 0 Å². The van der Waals surface area contributed by atoms with Crippen LogP contribution in [-0.2, 0) is 12.8 Å². The molecule has 1 aliphatic rings. The Hall–Kier alpha value is -1.27. The van der Waals surface area contributed by atoms with Crippen LogP contribution in [0, 0.1) is 0 Å². The van der Waals surface area contributed by atoms with Gasteiger partial charge in [-0.15, -0.1) is 0 Å². The van der Waals surface area contributed by atoms with Crippen molar-refractivity contribution in [3.8, 4) is 0 Å². The fraction of sp³-hybridized carbons (Fsp3) is 0.143. The lowest BCUT2D eigenvalue weighted by molar-refractivity contribution is 1.00. The minimum absolute atomic E-state index is 0.841. The molecule has 0 aliphatic heterocycles. The van der Waals surface area contributed by atoms with Crippen molar-refractivity contribution < 1.29 is 0 Å². The first-order valence-corrected chi connectivity index (χ1v) is 5.55. The van der Waals surface area contributed by atoms with E-state index in [1.54, 1.807) is 0 Å². The van der Waals surface area contributed by atoms with Crippen LogP contribution in [0.1, 0.15) is 22.3 Å². The van der Waals surface area contributed by atoms with Crippen molar-refractivity contribution in [3.63, 3.8) is 0 Å². The molecule has 0 radical (unpaired) electrons. The van der Waals surface area contributed by atoms with Gasteiger partial charge >= 0.3 is 0 Å². The van der Waals surface area contributed by atoms with Crippen LogP contribution in [0.2, 0.25) is 5.02 Å². The second-order valence-corrected chi connectivity index (χ2v) is 4.47. The van der Waals surface area contributed by atoms with Gasteiger partial charge in [0.15, 0.2) is 0 Å². The summed E-state index contributed by atoms with van der Waals surface area (Å²) in [5.74, 6) is 0. The molecule has 0 amide bonds. The fourth-order valence-electron chi connectivity index (χ4n) is 2.24. The Bertz CT molecular complexity index is 514. The molecule has 0 atom stereocenters. The largest absolute Gasteiger partial charge is 0.0843 e. The van der Waals surface area contributed by atoms with Gasteiger partial charge in [0.25, 0.3) is 0 Å². The smallest absolute Gasteiger partial charge is 0.0409 e. The minimum atomic E-state index is 0.841. The summed E-state index contributed by atoms with van der Waals surface area (Å²) in [6.45, 7) is 0. The van der Waals surface area contributed by atoms with Crippen molar-refractivity contribution in [3.05, 3.63) is 69.7 Å². The molecule has 0 nitrogen and oxygen atoms in total. The molecule has 15 heavy (non-hydrogen) atoms. The summed E-state index contributed by atoms with van der Waals surface area (Å²) >= 11 is 6.00. The highest BCUT2D eigenvalue weighted by molar-refractivity contribution is 6.30. The summed E-state index contributed by atoms with van der Waals surface area (Å²) in [5, 5.41) is 0.841. The lowest BCUT2D eigenvalue weighted by Gasteiger charge is -2.19. The Balaban J connectivity index is 2.11. The zero-order chi connectivity index (χ0) is 10.3. The third-order valence-electron chi connectivity index (χ3n) is 3.05. The number of halogens is 1. The number of fused-ring (bicyclic) bond motifs is 2. The average Bonchev–Trinajstić information content (AvgIpc) is 2.26. The lowest BCUT2D eigenvalue weighted by Crippen LogP contribution is -2.06. The third-order valence-corrected chi connectivity index (χ3v) is 3.28. The lowest BCUT2D eigenvalue weighted by atomic mass is 9.86. The summed E-state index contributed by atoms with van der Waals surface area (Å²) in [6.07, 6.45) is 2.06. The highest BCUT2D eigenvalue weighted by Crippen LogP contribution is 2.28. The number of hydrogen-bond donors (Lipinski definition) is 0. The second-order valence-electron chi connectivity index (χ2n) is 4.04. The quantitative estimate of drug-likeness (QED) is 0.534. The van der Waals surface area contributed by atoms with Gasteiger partial charge in [-0.05, 0) is 47.2 Å². The Labute approximate surface area is 94.5 Å². The van der Waals surface area contributed by atoms with E-state index in [1.807, 2.05) is 6.07 Å². The molecule has 1 aliphatic carbocycles. The maximum absolute atomic E-state index is 6.00. The predicted molar refractivity (Wildman–Crippen MR) is 63.5 cm³/mol. The molecule has 0 N–H and O–H groups in total. The van der Waals surface area contributed by atoms with Crippen LogP contribution in [-0.4, -0.2) is 0 Å². The normalized spacial score (nSPS) is 13.1. The topological polar surface area (TPSA) is 0 Å². The standard InChI is InChI=1S/C14H11Cl/c15-14-6-5-12-7-10-3-1-2-4-11(10)8-13(12)9-14/h1-6,9H,7-8H2. The summed E-state index contributed by atoms with van der Waals surface area (Å²) in [6, 6.07) is 14.9. The molecule has 0 heterocycles. The van der Waals surface area contributed by atoms with E-state index in [1.165, 1.54) is 22.3 Å². The van der Waals surface area contributed by atoms with E-state index in [-0.39, 0.29) is 0 Å². The van der Waals surface area contributed by atoms with Gasteiger partial charge in [-0.2, -0.15) is 0 Å². The van der Waals surface area contributed by atoms with Gasteiger partial charge in [0, 0.05) is 5.02 Å². The molecule has 74 valence electrons. The maximum atomic E-state index is 6.00. The number of hydrogen-bond acceptors (Lipinski definition) is 0. The van der Waals surface area contributed by atoms with Crippen LogP contribution in [0.3, 0.4) is 0 Å².